The highest BCUT2D eigenvalue weighted by molar-refractivity contribution is 4.86. The molecule has 0 radical (unpaired) electrons. The number of aromatic nitrogens is 3. The first-order valence-electron chi connectivity index (χ1n) is 5.94. The second-order valence-corrected chi connectivity index (χ2v) is 4.66. The third-order valence-corrected chi connectivity index (χ3v) is 3.07. The molecule has 1 heterocycles. The zero-order valence-electron chi connectivity index (χ0n) is 9.97. The molecule has 0 aliphatic heterocycles. The van der Waals surface area contributed by atoms with Crippen molar-refractivity contribution in [3.63, 3.8) is 0 Å². The number of ether oxygens (including phenoxy) is 1. The minimum Gasteiger partial charge on any atom is -0.369 e. The predicted molar refractivity (Wildman–Crippen MR) is 60.8 cm³/mol. The minimum atomic E-state index is 0.190. The van der Waals surface area contributed by atoms with Gasteiger partial charge in [0.05, 0.1) is 6.10 Å². The summed E-state index contributed by atoms with van der Waals surface area (Å²) in [5, 5.41) is 4.17. The molecule has 1 aromatic rings. The Balaban J connectivity index is 1.91. The van der Waals surface area contributed by atoms with Gasteiger partial charge in [0.15, 0.2) is 5.82 Å². The van der Waals surface area contributed by atoms with Crippen molar-refractivity contribution in [1.29, 1.82) is 0 Å². The smallest absolute Gasteiger partial charge is 0.153 e. The highest BCUT2D eigenvalue weighted by Crippen LogP contribution is 2.21. The Kier molecular flexibility index (Phi) is 3.56. The maximum absolute atomic E-state index is 5.95. The molecule has 1 saturated carbocycles. The number of nitrogens with two attached hydrogens (primary N) is 1. The molecule has 1 aliphatic rings. The second-order valence-electron chi connectivity index (χ2n) is 4.66. The third-order valence-electron chi connectivity index (χ3n) is 3.07. The monoisotopic (exact) mass is 224 g/mol. The standard InChI is InChI=1S/C11H20N4O/c1-8(2)15-11(13-7-14-15)6-16-10-5-3-4-9(10)12/h7-10H,3-6,12H2,1-2H3. The lowest BCUT2D eigenvalue weighted by atomic mass is 10.2. The largest absolute Gasteiger partial charge is 0.369 e. The Hall–Kier alpha value is -0.940. The van der Waals surface area contributed by atoms with Gasteiger partial charge in [-0.05, 0) is 33.1 Å². The zero-order chi connectivity index (χ0) is 11.5. The fourth-order valence-electron chi connectivity index (χ4n) is 2.15. The van der Waals surface area contributed by atoms with Crippen LogP contribution in [0.2, 0.25) is 0 Å². The number of hydrogen-bond acceptors (Lipinski definition) is 4. The first-order valence-corrected chi connectivity index (χ1v) is 5.94. The van der Waals surface area contributed by atoms with Gasteiger partial charge in [0.1, 0.15) is 12.9 Å². The summed E-state index contributed by atoms with van der Waals surface area (Å²) in [5.41, 5.74) is 5.95. The molecule has 2 rings (SSSR count). The van der Waals surface area contributed by atoms with Gasteiger partial charge in [-0.25, -0.2) is 9.67 Å². The van der Waals surface area contributed by atoms with Crippen LogP contribution in [-0.2, 0) is 11.3 Å². The van der Waals surface area contributed by atoms with E-state index < -0.39 is 0 Å². The molecule has 2 N–H and O–H groups in total. The van der Waals surface area contributed by atoms with E-state index in [0.717, 1.165) is 18.7 Å². The third kappa shape index (κ3) is 2.41. The fourth-order valence-corrected chi connectivity index (χ4v) is 2.15. The van der Waals surface area contributed by atoms with Gasteiger partial charge in [-0.1, -0.05) is 0 Å². The molecule has 2 unspecified atom stereocenters. The molecular formula is C11H20N4O. The fraction of sp³-hybridized carbons (Fsp3) is 0.818. The van der Waals surface area contributed by atoms with Crippen LogP contribution in [-0.4, -0.2) is 26.9 Å². The van der Waals surface area contributed by atoms with Crippen LogP contribution in [0.5, 0.6) is 0 Å². The summed E-state index contributed by atoms with van der Waals surface area (Å²) in [6.45, 7) is 4.68. The molecule has 0 spiro atoms. The van der Waals surface area contributed by atoms with Crippen molar-refractivity contribution < 1.29 is 4.74 Å². The SMILES string of the molecule is CC(C)n1ncnc1COC1CCCC1N. The number of hydrogen-bond donors (Lipinski definition) is 1. The molecule has 1 fully saturated rings. The van der Waals surface area contributed by atoms with Gasteiger partial charge in [0.25, 0.3) is 0 Å². The van der Waals surface area contributed by atoms with Crippen molar-refractivity contribution in [3.8, 4) is 0 Å². The van der Waals surface area contributed by atoms with Gasteiger partial charge in [0.2, 0.25) is 0 Å². The lowest BCUT2D eigenvalue weighted by Crippen LogP contribution is -2.31. The van der Waals surface area contributed by atoms with E-state index in [1.54, 1.807) is 6.33 Å². The van der Waals surface area contributed by atoms with E-state index in [9.17, 15) is 0 Å². The molecule has 0 bridgehead atoms. The Bertz CT molecular complexity index is 336. The Morgan fingerprint density at radius 2 is 2.38 bits per heavy atom. The quantitative estimate of drug-likeness (QED) is 0.836. The Labute approximate surface area is 96.0 Å². The van der Waals surface area contributed by atoms with Gasteiger partial charge in [-0.15, -0.1) is 0 Å². The van der Waals surface area contributed by atoms with Crippen LogP contribution in [0.4, 0.5) is 0 Å². The minimum absolute atomic E-state index is 0.190. The Morgan fingerprint density at radius 1 is 1.56 bits per heavy atom. The van der Waals surface area contributed by atoms with Crippen molar-refractivity contribution in [2.45, 2.75) is 57.9 Å². The van der Waals surface area contributed by atoms with Gasteiger partial charge in [-0.3, -0.25) is 0 Å². The van der Waals surface area contributed by atoms with E-state index in [4.69, 9.17) is 10.5 Å². The lowest BCUT2D eigenvalue weighted by molar-refractivity contribution is 0.0295. The summed E-state index contributed by atoms with van der Waals surface area (Å²) in [7, 11) is 0. The van der Waals surface area contributed by atoms with Crippen LogP contribution in [0.3, 0.4) is 0 Å². The average molecular weight is 224 g/mol. The number of nitrogens with zero attached hydrogens (tertiary/aromatic N) is 3. The van der Waals surface area contributed by atoms with Crippen molar-refractivity contribution in [1.82, 2.24) is 14.8 Å². The van der Waals surface area contributed by atoms with Crippen molar-refractivity contribution in [3.05, 3.63) is 12.2 Å². The van der Waals surface area contributed by atoms with Crippen molar-refractivity contribution in [2.24, 2.45) is 5.73 Å². The molecule has 0 amide bonds. The van der Waals surface area contributed by atoms with Crippen molar-refractivity contribution >= 4 is 0 Å². The van der Waals surface area contributed by atoms with Crippen LogP contribution >= 0.6 is 0 Å². The lowest BCUT2D eigenvalue weighted by Gasteiger charge is -2.17. The molecule has 0 aromatic carbocycles. The first kappa shape index (κ1) is 11.5. The predicted octanol–water partition coefficient (Wildman–Crippen LogP) is 1.26. The van der Waals surface area contributed by atoms with E-state index in [1.165, 1.54) is 6.42 Å². The van der Waals surface area contributed by atoms with Crippen LogP contribution in [0.15, 0.2) is 6.33 Å². The van der Waals surface area contributed by atoms with Crippen LogP contribution < -0.4 is 5.73 Å². The molecule has 5 nitrogen and oxygen atoms in total. The highest BCUT2D eigenvalue weighted by atomic mass is 16.5. The summed E-state index contributed by atoms with van der Waals surface area (Å²) in [6, 6.07) is 0.508. The Morgan fingerprint density at radius 3 is 3.00 bits per heavy atom. The molecule has 2 atom stereocenters. The van der Waals surface area contributed by atoms with Gasteiger partial charge >= 0.3 is 0 Å². The maximum Gasteiger partial charge on any atom is 0.153 e. The normalized spacial score (nSPS) is 25.5. The molecule has 0 saturated heterocycles. The summed E-state index contributed by atoms with van der Waals surface area (Å²) in [4.78, 5) is 4.21. The van der Waals surface area contributed by atoms with Gasteiger partial charge in [-0.2, -0.15) is 5.10 Å². The van der Waals surface area contributed by atoms with Gasteiger partial charge in [0, 0.05) is 12.1 Å². The second kappa shape index (κ2) is 4.93. The van der Waals surface area contributed by atoms with Crippen LogP contribution in [0, 0.1) is 0 Å². The molecule has 5 heteroatoms. The van der Waals surface area contributed by atoms with Crippen LogP contribution in [0.1, 0.15) is 45.0 Å². The van der Waals surface area contributed by atoms with E-state index >= 15 is 0 Å². The molecular weight excluding hydrogens is 204 g/mol. The highest BCUT2D eigenvalue weighted by Gasteiger charge is 2.25. The summed E-state index contributed by atoms with van der Waals surface area (Å²) >= 11 is 0. The topological polar surface area (TPSA) is 66.0 Å². The van der Waals surface area contributed by atoms with E-state index in [1.807, 2.05) is 4.68 Å². The zero-order valence-corrected chi connectivity index (χ0v) is 9.97. The molecule has 1 aliphatic carbocycles. The average Bonchev–Trinajstić information content (AvgIpc) is 2.83. The summed E-state index contributed by atoms with van der Waals surface area (Å²) < 4.78 is 7.69. The van der Waals surface area contributed by atoms with Gasteiger partial charge < -0.3 is 10.5 Å². The van der Waals surface area contributed by atoms with Crippen LogP contribution in [0.25, 0.3) is 0 Å². The maximum atomic E-state index is 5.95. The molecule has 1 aromatic heterocycles. The molecule has 90 valence electrons. The molecule has 16 heavy (non-hydrogen) atoms. The first-order chi connectivity index (χ1) is 7.68. The van der Waals surface area contributed by atoms with E-state index in [0.29, 0.717) is 12.6 Å². The van der Waals surface area contributed by atoms with E-state index in [2.05, 4.69) is 23.9 Å². The summed E-state index contributed by atoms with van der Waals surface area (Å²) in [6.07, 6.45) is 5.08. The summed E-state index contributed by atoms with van der Waals surface area (Å²) in [5.74, 6) is 0.883. The van der Waals surface area contributed by atoms with Crippen molar-refractivity contribution in [2.75, 3.05) is 0 Å². The number of rotatable bonds is 4. The van der Waals surface area contributed by atoms with E-state index in [-0.39, 0.29) is 12.1 Å².